The zero-order valence-electron chi connectivity index (χ0n) is 10.5. The molecular formula is C14H13BrFNO3. The molecule has 0 saturated carbocycles. The van der Waals surface area contributed by atoms with Crippen molar-refractivity contribution in [1.82, 2.24) is 0 Å². The van der Waals surface area contributed by atoms with Gasteiger partial charge in [-0.15, -0.1) is 0 Å². The molecule has 2 rings (SSSR count). The van der Waals surface area contributed by atoms with E-state index in [1.807, 2.05) is 0 Å². The molecule has 0 radical (unpaired) electrons. The molecule has 1 aliphatic carbocycles. The maximum Gasteiger partial charge on any atom is 0.307 e. The fourth-order valence-corrected chi connectivity index (χ4v) is 2.43. The first-order chi connectivity index (χ1) is 9.49. The van der Waals surface area contributed by atoms with Crippen molar-refractivity contribution in [2.75, 3.05) is 5.32 Å². The number of nitrogens with one attached hydrogen (secondary N) is 1. The molecule has 2 atom stereocenters. The predicted molar refractivity (Wildman–Crippen MR) is 75.7 cm³/mol. The van der Waals surface area contributed by atoms with Gasteiger partial charge in [-0.1, -0.05) is 12.2 Å². The molecular weight excluding hydrogens is 329 g/mol. The monoisotopic (exact) mass is 341 g/mol. The Labute approximate surface area is 123 Å². The quantitative estimate of drug-likeness (QED) is 0.829. The fraction of sp³-hybridized carbons (Fsp3) is 0.286. The van der Waals surface area contributed by atoms with Gasteiger partial charge in [0.2, 0.25) is 5.91 Å². The second kappa shape index (κ2) is 6.17. The highest BCUT2D eigenvalue weighted by Crippen LogP contribution is 2.28. The molecule has 0 aliphatic heterocycles. The summed E-state index contributed by atoms with van der Waals surface area (Å²) in [4.78, 5) is 23.3. The average Bonchev–Trinajstić information content (AvgIpc) is 2.43. The molecule has 1 amide bonds. The van der Waals surface area contributed by atoms with Crippen molar-refractivity contribution in [3.8, 4) is 0 Å². The summed E-state index contributed by atoms with van der Waals surface area (Å²) in [6, 6.07) is 4.23. The average molecular weight is 342 g/mol. The molecule has 0 heterocycles. The van der Waals surface area contributed by atoms with Gasteiger partial charge in [0.1, 0.15) is 5.82 Å². The van der Waals surface area contributed by atoms with E-state index in [4.69, 9.17) is 5.11 Å². The fourth-order valence-electron chi connectivity index (χ4n) is 2.19. The summed E-state index contributed by atoms with van der Waals surface area (Å²) < 4.78 is 13.7. The van der Waals surface area contributed by atoms with Crippen molar-refractivity contribution >= 4 is 33.5 Å². The Bertz CT molecular complexity index is 574. The number of carbonyl (C=O) groups is 2. The van der Waals surface area contributed by atoms with E-state index in [2.05, 4.69) is 21.2 Å². The van der Waals surface area contributed by atoms with E-state index in [9.17, 15) is 14.0 Å². The van der Waals surface area contributed by atoms with Crippen molar-refractivity contribution < 1.29 is 19.1 Å². The van der Waals surface area contributed by atoms with Gasteiger partial charge in [-0.05, 0) is 47.0 Å². The van der Waals surface area contributed by atoms with Gasteiger partial charge in [0, 0.05) is 5.69 Å². The third-order valence-electron chi connectivity index (χ3n) is 3.27. The second-order valence-electron chi connectivity index (χ2n) is 4.61. The van der Waals surface area contributed by atoms with Crippen LogP contribution in [-0.2, 0) is 9.59 Å². The number of allylic oxidation sites excluding steroid dienone is 2. The van der Waals surface area contributed by atoms with Gasteiger partial charge < -0.3 is 10.4 Å². The van der Waals surface area contributed by atoms with Gasteiger partial charge in [0.05, 0.1) is 16.3 Å². The minimum absolute atomic E-state index is 0.305. The number of hydrogen-bond acceptors (Lipinski definition) is 2. The van der Waals surface area contributed by atoms with Crippen molar-refractivity contribution in [2.45, 2.75) is 12.8 Å². The van der Waals surface area contributed by atoms with Gasteiger partial charge >= 0.3 is 5.97 Å². The summed E-state index contributed by atoms with van der Waals surface area (Å²) in [6.07, 6.45) is 4.28. The highest BCUT2D eigenvalue weighted by molar-refractivity contribution is 9.10. The Morgan fingerprint density at radius 2 is 1.90 bits per heavy atom. The van der Waals surface area contributed by atoms with Crippen LogP contribution in [0, 0.1) is 17.7 Å². The molecule has 0 aromatic heterocycles. The van der Waals surface area contributed by atoms with E-state index in [1.165, 1.54) is 12.1 Å². The predicted octanol–water partition coefficient (Wildman–Crippen LogP) is 3.19. The molecule has 0 fully saturated rings. The molecule has 0 spiro atoms. The first kappa shape index (κ1) is 14.7. The summed E-state index contributed by atoms with van der Waals surface area (Å²) in [5.74, 6) is -3.24. The van der Waals surface area contributed by atoms with E-state index in [-0.39, 0.29) is 0 Å². The van der Waals surface area contributed by atoms with Crippen LogP contribution in [0.2, 0.25) is 0 Å². The Morgan fingerprint density at radius 1 is 1.25 bits per heavy atom. The molecule has 6 heteroatoms. The van der Waals surface area contributed by atoms with Crippen LogP contribution in [0.1, 0.15) is 12.8 Å². The zero-order valence-corrected chi connectivity index (χ0v) is 12.1. The van der Waals surface area contributed by atoms with E-state index >= 15 is 0 Å². The normalized spacial score (nSPS) is 21.5. The van der Waals surface area contributed by atoms with Crippen molar-refractivity contribution in [1.29, 1.82) is 0 Å². The van der Waals surface area contributed by atoms with Crippen LogP contribution in [0.3, 0.4) is 0 Å². The zero-order chi connectivity index (χ0) is 14.7. The summed E-state index contributed by atoms with van der Waals surface area (Å²) in [5.41, 5.74) is 0.314. The van der Waals surface area contributed by atoms with Crippen LogP contribution in [-0.4, -0.2) is 17.0 Å². The van der Waals surface area contributed by atoms with Crippen LogP contribution < -0.4 is 5.32 Å². The number of halogens is 2. The summed E-state index contributed by atoms with van der Waals surface area (Å²) >= 11 is 3.03. The summed E-state index contributed by atoms with van der Waals surface area (Å²) in [5, 5.41) is 11.7. The number of carboxylic acid groups (broad SMARTS) is 1. The maximum absolute atomic E-state index is 13.4. The van der Waals surface area contributed by atoms with Crippen LogP contribution in [0.25, 0.3) is 0 Å². The maximum atomic E-state index is 13.4. The molecule has 2 N–H and O–H groups in total. The molecule has 4 nitrogen and oxygen atoms in total. The standard InChI is InChI=1S/C14H13BrFNO3/c15-11-6-5-8(7-12(11)16)17-13(18)9-3-1-2-4-10(9)14(19)20/h1-2,5-7,9-10H,3-4H2,(H,17,18)(H,19,20). The number of aliphatic carboxylic acids is 1. The largest absolute Gasteiger partial charge is 0.481 e. The summed E-state index contributed by atoms with van der Waals surface area (Å²) in [6.45, 7) is 0. The molecule has 20 heavy (non-hydrogen) atoms. The second-order valence-corrected chi connectivity index (χ2v) is 5.47. The van der Waals surface area contributed by atoms with Crippen LogP contribution in [0.4, 0.5) is 10.1 Å². The lowest BCUT2D eigenvalue weighted by molar-refractivity contribution is -0.146. The van der Waals surface area contributed by atoms with Gasteiger partial charge in [0.15, 0.2) is 0 Å². The lowest BCUT2D eigenvalue weighted by atomic mass is 9.82. The molecule has 106 valence electrons. The van der Waals surface area contributed by atoms with Crippen LogP contribution >= 0.6 is 15.9 Å². The Hall–Kier alpha value is -1.69. The van der Waals surface area contributed by atoms with E-state index in [1.54, 1.807) is 18.2 Å². The Morgan fingerprint density at radius 3 is 2.50 bits per heavy atom. The highest BCUT2D eigenvalue weighted by Gasteiger charge is 2.33. The molecule has 1 aliphatic rings. The topological polar surface area (TPSA) is 66.4 Å². The third kappa shape index (κ3) is 3.25. The van der Waals surface area contributed by atoms with Crippen molar-refractivity contribution in [2.24, 2.45) is 11.8 Å². The molecule has 0 bridgehead atoms. The number of amides is 1. The Kier molecular flexibility index (Phi) is 4.54. The number of benzene rings is 1. The van der Waals surface area contributed by atoms with E-state index in [0.29, 0.717) is 23.0 Å². The van der Waals surface area contributed by atoms with Gasteiger partial charge in [0.25, 0.3) is 0 Å². The minimum atomic E-state index is -0.989. The smallest absolute Gasteiger partial charge is 0.307 e. The number of carboxylic acids is 1. The van der Waals surface area contributed by atoms with Crippen LogP contribution in [0.15, 0.2) is 34.8 Å². The van der Waals surface area contributed by atoms with Gasteiger partial charge in [-0.25, -0.2) is 4.39 Å². The lowest BCUT2D eigenvalue weighted by Crippen LogP contribution is -2.34. The van der Waals surface area contributed by atoms with Gasteiger partial charge in [-0.2, -0.15) is 0 Å². The summed E-state index contributed by atoms with van der Waals surface area (Å²) in [7, 11) is 0. The molecule has 2 unspecified atom stereocenters. The minimum Gasteiger partial charge on any atom is -0.481 e. The number of hydrogen-bond donors (Lipinski definition) is 2. The Balaban J connectivity index is 2.12. The number of carbonyl (C=O) groups excluding carboxylic acids is 1. The number of anilines is 1. The molecule has 1 aromatic carbocycles. The SMILES string of the molecule is O=C(O)C1CC=CCC1C(=O)Nc1ccc(Br)c(F)c1. The first-order valence-electron chi connectivity index (χ1n) is 6.12. The van der Waals surface area contributed by atoms with Crippen LogP contribution in [0.5, 0.6) is 0 Å². The van der Waals surface area contributed by atoms with Crippen molar-refractivity contribution in [3.05, 3.63) is 40.6 Å². The van der Waals surface area contributed by atoms with E-state index in [0.717, 1.165) is 0 Å². The molecule has 0 saturated heterocycles. The van der Waals surface area contributed by atoms with E-state index < -0.39 is 29.5 Å². The van der Waals surface area contributed by atoms with Crippen molar-refractivity contribution in [3.63, 3.8) is 0 Å². The first-order valence-corrected chi connectivity index (χ1v) is 6.92. The molecule has 1 aromatic rings. The highest BCUT2D eigenvalue weighted by atomic mass is 79.9. The number of rotatable bonds is 3. The third-order valence-corrected chi connectivity index (χ3v) is 3.92. The van der Waals surface area contributed by atoms with Gasteiger partial charge in [-0.3, -0.25) is 9.59 Å². The lowest BCUT2D eigenvalue weighted by Gasteiger charge is -2.24.